The smallest absolute Gasteiger partial charge is 0.252 e. The van der Waals surface area contributed by atoms with Crippen LogP contribution in [-0.4, -0.2) is 10.9 Å². The number of amides is 1. The maximum Gasteiger partial charge on any atom is 0.252 e. The maximum absolute atomic E-state index is 11.3. The molecule has 0 saturated heterocycles. The lowest BCUT2D eigenvalue weighted by atomic mass is 10.1. The molecular formula is C14H14ClN3O. The first kappa shape index (κ1) is 13.4. The van der Waals surface area contributed by atoms with Gasteiger partial charge in [0.2, 0.25) is 0 Å². The second kappa shape index (κ2) is 5.28. The number of nitrogens with two attached hydrogens (primary N) is 1. The Balaban J connectivity index is 2.45. The van der Waals surface area contributed by atoms with Gasteiger partial charge in [0.05, 0.1) is 16.3 Å². The summed E-state index contributed by atoms with van der Waals surface area (Å²) in [4.78, 5) is 15.5. The number of nitrogens with one attached hydrogen (secondary N) is 1. The normalized spacial score (nSPS) is 10.3. The molecule has 1 amide bonds. The summed E-state index contributed by atoms with van der Waals surface area (Å²) < 4.78 is 0. The van der Waals surface area contributed by atoms with Crippen molar-refractivity contribution in [2.24, 2.45) is 5.73 Å². The van der Waals surface area contributed by atoms with E-state index >= 15 is 0 Å². The van der Waals surface area contributed by atoms with Crippen molar-refractivity contribution in [2.45, 2.75) is 13.8 Å². The van der Waals surface area contributed by atoms with Gasteiger partial charge in [-0.25, -0.2) is 4.98 Å². The lowest BCUT2D eigenvalue weighted by Gasteiger charge is -2.13. The maximum atomic E-state index is 11.3. The molecule has 1 aromatic heterocycles. The number of aryl methyl sites for hydroxylation is 2. The Hall–Kier alpha value is -2.07. The van der Waals surface area contributed by atoms with Gasteiger partial charge in [-0.1, -0.05) is 17.7 Å². The summed E-state index contributed by atoms with van der Waals surface area (Å²) in [5.74, 6) is -0.125. The van der Waals surface area contributed by atoms with Crippen LogP contribution in [0.2, 0.25) is 5.02 Å². The van der Waals surface area contributed by atoms with Gasteiger partial charge in [0, 0.05) is 6.20 Å². The molecule has 5 heteroatoms. The topological polar surface area (TPSA) is 68.0 Å². The number of halogens is 1. The first-order valence-corrected chi connectivity index (χ1v) is 6.15. The largest absolute Gasteiger partial charge is 0.365 e. The third-order valence-electron chi connectivity index (χ3n) is 2.75. The van der Waals surface area contributed by atoms with Crippen LogP contribution in [0.25, 0.3) is 0 Å². The summed E-state index contributed by atoms with van der Waals surface area (Å²) in [5, 5.41) is 3.66. The molecule has 0 atom stereocenters. The van der Waals surface area contributed by atoms with Gasteiger partial charge in [-0.05, 0) is 43.2 Å². The summed E-state index contributed by atoms with van der Waals surface area (Å²) in [5.41, 5.74) is 8.43. The van der Waals surface area contributed by atoms with Crippen LogP contribution >= 0.6 is 11.6 Å². The van der Waals surface area contributed by atoms with Crippen molar-refractivity contribution in [1.29, 1.82) is 0 Å². The Bertz CT molecular complexity index is 617. The van der Waals surface area contributed by atoms with E-state index in [0.29, 0.717) is 16.4 Å². The van der Waals surface area contributed by atoms with E-state index in [1.54, 1.807) is 18.3 Å². The number of hydrogen-bond acceptors (Lipinski definition) is 3. The van der Waals surface area contributed by atoms with Crippen LogP contribution in [-0.2, 0) is 0 Å². The number of hydrogen-bond donors (Lipinski definition) is 2. The Morgan fingerprint density at radius 1 is 1.37 bits per heavy atom. The van der Waals surface area contributed by atoms with Crippen molar-refractivity contribution in [3.05, 3.63) is 52.2 Å². The number of pyridine rings is 1. The van der Waals surface area contributed by atoms with Gasteiger partial charge in [-0.2, -0.15) is 0 Å². The molecule has 0 aliphatic heterocycles. The zero-order chi connectivity index (χ0) is 14.0. The van der Waals surface area contributed by atoms with Crippen molar-refractivity contribution in [3.8, 4) is 0 Å². The Labute approximate surface area is 116 Å². The second-order valence-electron chi connectivity index (χ2n) is 4.33. The lowest BCUT2D eigenvalue weighted by Crippen LogP contribution is -2.14. The van der Waals surface area contributed by atoms with Crippen LogP contribution in [0.3, 0.4) is 0 Å². The van der Waals surface area contributed by atoms with Gasteiger partial charge >= 0.3 is 0 Å². The zero-order valence-electron chi connectivity index (χ0n) is 10.7. The van der Waals surface area contributed by atoms with Crippen LogP contribution in [0.1, 0.15) is 21.5 Å². The number of rotatable bonds is 3. The molecule has 4 nitrogen and oxygen atoms in total. The van der Waals surface area contributed by atoms with Crippen molar-refractivity contribution < 1.29 is 4.79 Å². The fourth-order valence-electron chi connectivity index (χ4n) is 1.90. The van der Waals surface area contributed by atoms with Gasteiger partial charge in [0.1, 0.15) is 5.82 Å². The molecule has 0 spiro atoms. The van der Waals surface area contributed by atoms with E-state index in [9.17, 15) is 4.79 Å². The Morgan fingerprint density at radius 3 is 2.74 bits per heavy atom. The minimum atomic E-state index is -0.531. The number of aromatic nitrogens is 1. The van der Waals surface area contributed by atoms with Crippen molar-refractivity contribution >= 4 is 29.0 Å². The van der Waals surface area contributed by atoms with Crippen molar-refractivity contribution in [3.63, 3.8) is 0 Å². The highest BCUT2D eigenvalue weighted by molar-refractivity contribution is 6.33. The number of carbonyl (C=O) groups is 1. The van der Waals surface area contributed by atoms with Crippen LogP contribution in [0.15, 0.2) is 30.5 Å². The van der Waals surface area contributed by atoms with Gasteiger partial charge in [0.25, 0.3) is 5.91 Å². The molecule has 2 aromatic rings. The monoisotopic (exact) mass is 275 g/mol. The van der Waals surface area contributed by atoms with E-state index in [4.69, 9.17) is 17.3 Å². The third-order valence-corrected chi connectivity index (χ3v) is 3.05. The first-order valence-electron chi connectivity index (χ1n) is 5.77. The minimum absolute atomic E-state index is 0.332. The van der Waals surface area contributed by atoms with Gasteiger partial charge in [-0.3, -0.25) is 4.79 Å². The summed E-state index contributed by atoms with van der Waals surface area (Å²) in [6, 6.07) is 7.13. The summed E-state index contributed by atoms with van der Waals surface area (Å²) in [7, 11) is 0. The Morgan fingerprint density at radius 2 is 2.11 bits per heavy atom. The average Bonchev–Trinajstić information content (AvgIpc) is 2.34. The molecule has 0 aliphatic rings. The van der Waals surface area contributed by atoms with E-state index in [0.717, 1.165) is 16.8 Å². The quantitative estimate of drug-likeness (QED) is 0.904. The summed E-state index contributed by atoms with van der Waals surface area (Å²) in [6.45, 7) is 3.91. The molecule has 1 heterocycles. The summed E-state index contributed by atoms with van der Waals surface area (Å²) in [6.07, 6.45) is 1.59. The highest BCUT2D eigenvalue weighted by Gasteiger charge is 2.12. The van der Waals surface area contributed by atoms with Gasteiger partial charge in [0.15, 0.2) is 0 Å². The van der Waals surface area contributed by atoms with E-state index in [1.807, 2.05) is 26.0 Å². The molecule has 0 bridgehead atoms. The molecule has 0 aliphatic carbocycles. The van der Waals surface area contributed by atoms with Crippen LogP contribution in [0, 0.1) is 13.8 Å². The Kier molecular flexibility index (Phi) is 3.71. The molecule has 19 heavy (non-hydrogen) atoms. The van der Waals surface area contributed by atoms with Gasteiger partial charge < -0.3 is 11.1 Å². The minimum Gasteiger partial charge on any atom is -0.365 e. The molecule has 2 rings (SSSR count). The highest BCUT2D eigenvalue weighted by Crippen LogP contribution is 2.30. The standard InChI is InChI=1S/C14H14ClN3O/c1-8-6-9(2)12(11(15)7-8)18-14-10(13(16)19)4-3-5-17-14/h3-7H,1-2H3,(H2,16,19)(H,17,18). The van der Waals surface area contributed by atoms with E-state index < -0.39 is 5.91 Å². The number of anilines is 2. The van der Waals surface area contributed by atoms with Crippen LogP contribution in [0.4, 0.5) is 11.5 Å². The fraction of sp³-hybridized carbons (Fsp3) is 0.143. The van der Waals surface area contributed by atoms with Gasteiger partial charge in [-0.15, -0.1) is 0 Å². The predicted octanol–water partition coefficient (Wildman–Crippen LogP) is 3.19. The molecule has 98 valence electrons. The first-order chi connectivity index (χ1) is 8.99. The fourth-order valence-corrected chi connectivity index (χ4v) is 2.26. The third kappa shape index (κ3) is 2.85. The van der Waals surface area contributed by atoms with Crippen LogP contribution < -0.4 is 11.1 Å². The average molecular weight is 276 g/mol. The molecule has 0 unspecified atom stereocenters. The summed E-state index contributed by atoms with van der Waals surface area (Å²) >= 11 is 6.21. The van der Waals surface area contributed by atoms with E-state index in [1.165, 1.54) is 0 Å². The van der Waals surface area contributed by atoms with Crippen LogP contribution in [0.5, 0.6) is 0 Å². The number of nitrogens with zero attached hydrogens (tertiary/aromatic N) is 1. The molecular weight excluding hydrogens is 262 g/mol. The predicted molar refractivity (Wildman–Crippen MR) is 77.0 cm³/mol. The second-order valence-corrected chi connectivity index (χ2v) is 4.73. The number of primary amides is 1. The number of carbonyl (C=O) groups excluding carboxylic acids is 1. The molecule has 0 fully saturated rings. The molecule has 1 aromatic carbocycles. The zero-order valence-corrected chi connectivity index (χ0v) is 11.5. The molecule has 0 radical (unpaired) electrons. The van der Waals surface area contributed by atoms with E-state index in [2.05, 4.69) is 10.3 Å². The SMILES string of the molecule is Cc1cc(C)c(Nc2ncccc2C(N)=O)c(Cl)c1. The molecule has 3 N–H and O–H groups in total. The van der Waals surface area contributed by atoms with Crippen molar-refractivity contribution in [2.75, 3.05) is 5.32 Å². The lowest BCUT2D eigenvalue weighted by molar-refractivity contribution is 0.100. The number of benzene rings is 1. The highest BCUT2D eigenvalue weighted by atomic mass is 35.5. The van der Waals surface area contributed by atoms with E-state index in [-0.39, 0.29) is 0 Å². The van der Waals surface area contributed by atoms with Crippen molar-refractivity contribution in [1.82, 2.24) is 4.98 Å². The molecule has 0 saturated carbocycles.